The van der Waals surface area contributed by atoms with Gasteiger partial charge in [-0.05, 0) is 104 Å². The second-order valence-corrected chi connectivity index (χ2v) is 14.8. The quantitative estimate of drug-likeness (QED) is 0.451. The summed E-state index contributed by atoms with van der Waals surface area (Å²) in [7, 11) is -3.97. The Morgan fingerprint density at radius 3 is 2.73 bits per heavy atom. The maximum atomic E-state index is 13.2. The highest BCUT2D eigenvalue weighted by Gasteiger charge is 2.44. The standard InChI is InChI=1S/C31H39ClN2O6S/c32-24-8-10-26-21(13-24)4-2-12-31(26)18-34-15-23-6-9-25(23)28(36)5-1-3-20(16-35)17-41(38,39)33-30(37)22-7-11-29(40-19-31)27(34)14-22/h7-8,10-11,13-14,20,23,25,28,35-36H,1-6,9,12,15-19H2,(H,33,37)/t20-,23-,25+,28-,31-/m0/s1. The monoisotopic (exact) mass is 602 g/mol. The molecule has 2 aromatic carbocycles. The van der Waals surface area contributed by atoms with Gasteiger partial charge in [0.25, 0.3) is 5.91 Å². The van der Waals surface area contributed by atoms with Gasteiger partial charge in [-0.2, -0.15) is 0 Å². The fraction of sp³-hybridized carbons (Fsp3) is 0.581. The molecule has 1 amide bonds. The van der Waals surface area contributed by atoms with E-state index in [0.717, 1.165) is 42.8 Å². The summed E-state index contributed by atoms with van der Waals surface area (Å²) in [6.07, 6.45) is 6.09. The molecule has 8 nitrogen and oxygen atoms in total. The number of nitrogens with zero attached hydrogens (tertiary/aromatic N) is 1. The van der Waals surface area contributed by atoms with E-state index in [4.69, 9.17) is 16.3 Å². The minimum absolute atomic E-state index is 0.159. The normalized spacial score (nSPS) is 31.6. The van der Waals surface area contributed by atoms with Gasteiger partial charge >= 0.3 is 0 Å². The molecule has 4 aliphatic rings. The molecule has 3 N–H and O–H groups in total. The van der Waals surface area contributed by atoms with Gasteiger partial charge < -0.3 is 19.8 Å². The van der Waals surface area contributed by atoms with Crippen molar-refractivity contribution in [3.05, 3.63) is 58.1 Å². The zero-order valence-corrected chi connectivity index (χ0v) is 24.8. The summed E-state index contributed by atoms with van der Waals surface area (Å²) in [5, 5.41) is 21.7. The minimum atomic E-state index is -3.97. The van der Waals surface area contributed by atoms with Crippen molar-refractivity contribution in [3.63, 3.8) is 0 Å². The molecule has 1 fully saturated rings. The number of amides is 1. The number of fused-ring (bicyclic) bond motifs is 4. The van der Waals surface area contributed by atoms with E-state index < -0.39 is 28.0 Å². The molecule has 1 saturated carbocycles. The highest BCUT2D eigenvalue weighted by atomic mass is 35.5. The second-order valence-electron chi connectivity index (χ2n) is 12.5. The molecule has 0 unspecified atom stereocenters. The number of hydrogen-bond donors (Lipinski definition) is 3. The number of sulfonamides is 1. The number of aliphatic hydroxyl groups is 2. The SMILES string of the molecule is O=C1NS(=O)(=O)C[C@H](CO)CCC[C@H](O)[C@@H]2CC[C@H]2CN2C[C@@]3(CCCc4cc(Cl)ccc43)COc3ccc1cc32. The number of rotatable bonds is 1. The number of benzene rings is 2. The zero-order valence-electron chi connectivity index (χ0n) is 23.2. The second kappa shape index (κ2) is 11.4. The van der Waals surface area contributed by atoms with Crippen molar-refractivity contribution in [1.29, 1.82) is 0 Å². The molecule has 5 atom stereocenters. The molecule has 6 rings (SSSR count). The summed E-state index contributed by atoms with van der Waals surface area (Å²) in [6, 6.07) is 11.3. The molecule has 10 heteroatoms. The van der Waals surface area contributed by atoms with Crippen molar-refractivity contribution in [1.82, 2.24) is 4.72 Å². The van der Waals surface area contributed by atoms with Crippen LogP contribution < -0.4 is 14.4 Å². The summed E-state index contributed by atoms with van der Waals surface area (Å²) in [5.41, 5.74) is 3.25. The van der Waals surface area contributed by atoms with Crippen LogP contribution in [0.2, 0.25) is 5.02 Å². The smallest absolute Gasteiger partial charge is 0.264 e. The average molecular weight is 603 g/mol. The highest BCUT2D eigenvalue weighted by molar-refractivity contribution is 7.90. The van der Waals surface area contributed by atoms with Crippen molar-refractivity contribution in [2.75, 3.05) is 37.0 Å². The number of aliphatic hydroxyl groups excluding tert-OH is 2. The van der Waals surface area contributed by atoms with E-state index in [9.17, 15) is 23.4 Å². The summed E-state index contributed by atoms with van der Waals surface area (Å²) < 4.78 is 34.4. The average Bonchev–Trinajstić information content (AvgIpc) is 3.06. The van der Waals surface area contributed by atoms with Gasteiger partial charge in [-0.3, -0.25) is 4.79 Å². The topological polar surface area (TPSA) is 116 Å². The third kappa shape index (κ3) is 5.83. The Labute approximate surface area is 247 Å². The molecule has 2 aliphatic carbocycles. The van der Waals surface area contributed by atoms with Crippen molar-refractivity contribution in [3.8, 4) is 5.75 Å². The van der Waals surface area contributed by atoms with E-state index in [1.807, 2.05) is 6.07 Å². The minimum Gasteiger partial charge on any atom is -0.490 e. The predicted octanol–water partition coefficient (Wildman–Crippen LogP) is 4.05. The fourth-order valence-electron chi connectivity index (χ4n) is 7.48. The third-order valence-electron chi connectivity index (χ3n) is 9.80. The van der Waals surface area contributed by atoms with Crippen LogP contribution in [0.15, 0.2) is 36.4 Å². The number of hydrogen-bond acceptors (Lipinski definition) is 7. The number of anilines is 1. The van der Waals surface area contributed by atoms with Crippen molar-refractivity contribution in [2.45, 2.75) is 62.9 Å². The third-order valence-corrected chi connectivity index (χ3v) is 11.4. The Bertz CT molecular complexity index is 1420. The highest BCUT2D eigenvalue weighted by Crippen LogP contribution is 2.47. The van der Waals surface area contributed by atoms with Gasteiger partial charge in [0, 0.05) is 35.7 Å². The van der Waals surface area contributed by atoms with Gasteiger partial charge in [0.05, 0.1) is 24.2 Å². The summed E-state index contributed by atoms with van der Waals surface area (Å²) in [5.74, 6) is -0.417. The molecule has 0 radical (unpaired) electrons. The lowest BCUT2D eigenvalue weighted by Gasteiger charge is -2.45. The lowest BCUT2D eigenvalue weighted by molar-refractivity contribution is 0.00823. The summed E-state index contributed by atoms with van der Waals surface area (Å²) >= 11 is 6.37. The fourth-order valence-corrected chi connectivity index (χ4v) is 9.05. The van der Waals surface area contributed by atoms with Crippen LogP contribution in [0, 0.1) is 17.8 Å². The van der Waals surface area contributed by atoms with Crippen molar-refractivity contribution >= 4 is 33.2 Å². The number of nitrogens with one attached hydrogen (secondary N) is 1. The lowest BCUT2D eigenvalue weighted by atomic mass is 9.68. The number of carbonyl (C=O) groups excluding carboxylic acids is 1. The van der Waals surface area contributed by atoms with Gasteiger partial charge in [-0.15, -0.1) is 0 Å². The number of halogens is 1. The molecule has 1 spiro atoms. The van der Waals surface area contributed by atoms with E-state index in [-0.39, 0.29) is 29.3 Å². The molecule has 2 aromatic rings. The summed E-state index contributed by atoms with van der Waals surface area (Å²) in [4.78, 5) is 15.5. The largest absolute Gasteiger partial charge is 0.490 e. The molecule has 0 saturated heterocycles. The van der Waals surface area contributed by atoms with Crippen molar-refractivity contribution < 1.29 is 28.2 Å². The van der Waals surface area contributed by atoms with Crippen molar-refractivity contribution in [2.24, 2.45) is 17.8 Å². The molecule has 2 heterocycles. The molecule has 222 valence electrons. The zero-order chi connectivity index (χ0) is 28.8. The Hall–Kier alpha value is -2.33. The molecule has 0 aromatic heterocycles. The van der Waals surface area contributed by atoms with Crippen LogP contribution in [0.5, 0.6) is 5.75 Å². The number of carbonyl (C=O) groups is 1. The van der Waals surface area contributed by atoms with E-state index >= 15 is 0 Å². The molecule has 2 aliphatic heterocycles. The number of ether oxygens (including phenoxy) is 1. The van der Waals surface area contributed by atoms with Crippen LogP contribution in [-0.2, 0) is 21.9 Å². The molecule has 2 bridgehead atoms. The summed E-state index contributed by atoms with van der Waals surface area (Å²) in [6.45, 7) is 1.60. The van der Waals surface area contributed by atoms with Gasteiger partial charge in [0.2, 0.25) is 10.0 Å². The van der Waals surface area contributed by atoms with Gasteiger partial charge in [-0.1, -0.05) is 24.1 Å². The first kappa shape index (κ1) is 28.8. The molecular weight excluding hydrogens is 564 g/mol. The number of aryl methyl sites for hydroxylation is 1. The van der Waals surface area contributed by atoms with E-state index in [0.29, 0.717) is 50.6 Å². The van der Waals surface area contributed by atoms with Gasteiger partial charge in [0.1, 0.15) is 5.75 Å². The van der Waals surface area contributed by atoms with Crippen LogP contribution in [0.3, 0.4) is 0 Å². The maximum absolute atomic E-state index is 13.2. The van der Waals surface area contributed by atoms with E-state index in [2.05, 4.69) is 21.8 Å². The molecular formula is C31H39ClN2O6S. The Kier molecular flexibility index (Phi) is 8.00. The van der Waals surface area contributed by atoms with Crippen LogP contribution in [0.25, 0.3) is 0 Å². The first-order valence-corrected chi connectivity index (χ1v) is 16.8. The maximum Gasteiger partial charge on any atom is 0.264 e. The van der Waals surface area contributed by atoms with Crippen LogP contribution in [-0.4, -0.2) is 62.7 Å². The predicted molar refractivity (Wildman–Crippen MR) is 158 cm³/mol. The van der Waals surface area contributed by atoms with Crippen LogP contribution in [0.1, 0.15) is 66.4 Å². The molecule has 41 heavy (non-hydrogen) atoms. The van der Waals surface area contributed by atoms with Crippen LogP contribution >= 0.6 is 11.6 Å². The Morgan fingerprint density at radius 2 is 1.95 bits per heavy atom. The first-order valence-electron chi connectivity index (χ1n) is 14.8. The first-order chi connectivity index (χ1) is 19.7. The van der Waals surface area contributed by atoms with Crippen LogP contribution in [0.4, 0.5) is 5.69 Å². The van der Waals surface area contributed by atoms with Gasteiger partial charge in [-0.25, -0.2) is 13.1 Å². The Morgan fingerprint density at radius 1 is 1.10 bits per heavy atom. The van der Waals surface area contributed by atoms with E-state index in [1.54, 1.807) is 18.2 Å². The van der Waals surface area contributed by atoms with Gasteiger partial charge in [0.15, 0.2) is 0 Å². The lowest BCUT2D eigenvalue weighted by Crippen LogP contribution is -2.49. The Balaban J connectivity index is 1.40. The van der Waals surface area contributed by atoms with E-state index in [1.165, 1.54) is 11.1 Å².